The molecule has 2 fully saturated rings. The summed E-state index contributed by atoms with van der Waals surface area (Å²) in [6.45, 7) is 3.40. The van der Waals surface area contributed by atoms with E-state index in [1.54, 1.807) is 6.07 Å². The molecule has 3 aliphatic rings. The van der Waals surface area contributed by atoms with Gasteiger partial charge in [-0.05, 0) is 86.3 Å². The summed E-state index contributed by atoms with van der Waals surface area (Å²) >= 11 is 0. The maximum Gasteiger partial charge on any atom is 0.201 e. The van der Waals surface area contributed by atoms with E-state index < -0.39 is 11.6 Å². The van der Waals surface area contributed by atoms with E-state index in [4.69, 9.17) is 4.74 Å². The fourth-order valence-corrected chi connectivity index (χ4v) is 6.00. The molecule has 0 N–H and O–H groups in total. The van der Waals surface area contributed by atoms with Crippen molar-refractivity contribution >= 4 is 5.57 Å². The van der Waals surface area contributed by atoms with Gasteiger partial charge in [0, 0.05) is 5.56 Å². The van der Waals surface area contributed by atoms with Gasteiger partial charge in [-0.1, -0.05) is 38.3 Å². The summed E-state index contributed by atoms with van der Waals surface area (Å²) in [6.07, 6.45) is 17.6. The van der Waals surface area contributed by atoms with Gasteiger partial charge in [-0.25, -0.2) is 4.39 Å². The maximum absolute atomic E-state index is 14.5. The highest BCUT2D eigenvalue weighted by Crippen LogP contribution is 2.45. The fourth-order valence-electron chi connectivity index (χ4n) is 6.00. The predicted molar refractivity (Wildman–Crippen MR) is 110 cm³/mol. The van der Waals surface area contributed by atoms with Crippen molar-refractivity contribution in [2.45, 2.75) is 70.6 Å². The Morgan fingerprint density at radius 1 is 0.821 bits per heavy atom. The van der Waals surface area contributed by atoms with Gasteiger partial charge < -0.3 is 4.74 Å². The first kappa shape index (κ1) is 19.7. The van der Waals surface area contributed by atoms with Crippen LogP contribution in [0.1, 0.15) is 76.2 Å². The molecule has 1 aromatic rings. The number of benzene rings is 1. The molecule has 0 aromatic heterocycles. The van der Waals surface area contributed by atoms with Crippen LogP contribution in [0.15, 0.2) is 31.0 Å². The molecule has 0 radical (unpaired) electrons. The molecule has 2 saturated carbocycles. The van der Waals surface area contributed by atoms with Crippen molar-refractivity contribution in [2.24, 2.45) is 23.7 Å². The van der Waals surface area contributed by atoms with Crippen molar-refractivity contribution in [3.63, 3.8) is 0 Å². The van der Waals surface area contributed by atoms with Crippen LogP contribution < -0.4 is 4.74 Å². The van der Waals surface area contributed by atoms with E-state index in [1.807, 2.05) is 0 Å². The van der Waals surface area contributed by atoms with Crippen LogP contribution in [0.5, 0.6) is 5.75 Å². The summed E-state index contributed by atoms with van der Waals surface area (Å²) in [5.74, 6) is 1.67. The first-order chi connectivity index (χ1) is 13.7. The van der Waals surface area contributed by atoms with Crippen LogP contribution in [-0.2, 0) is 0 Å². The van der Waals surface area contributed by atoms with E-state index in [1.165, 1.54) is 57.4 Å². The first-order valence-corrected chi connectivity index (χ1v) is 11.1. The van der Waals surface area contributed by atoms with Crippen molar-refractivity contribution in [3.8, 4) is 5.75 Å². The van der Waals surface area contributed by atoms with Crippen LogP contribution >= 0.6 is 0 Å². The van der Waals surface area contributed by atoms with Gasteiger partial charge in [0.25, 0.3) is 0 Å². The molecule has 3 heteroatoms. The monoisotopic (exact) mass is 386 g/mol. The van der Waals surface area contributed by atoms with Gasteiger partial charge in [0.2, 0.25) is 5.82 Å². The Morgan fingerprint density at radius 2 is 1.46 bits per heavy atom. The lowest BCUT2D eigenvalue weighted by atomic mass is 9.68. The van der Waals surface area contributed by atoms with Crippen LogP contribution in [-0.4, -0.2) is 0 Å². The molecule has 1 nitrogen and oxygen atoms in total. The highest BCUT2D eigenvalue weighted by atomic mass is 19.2. The van der Waals surface area contributed by atoms with Gasteiger partial charge in [-0.15, -0.1) is 0 Å². The number of ether oxygens (including phenoxy) is 1. The Bertz CT molecular complexity index is 724. The molecule has 1 atom stereocenters. The van der Waals surface area contributed by atoms with Crippen molar-refractivity contribution in [3.05, 3.63) is 48.2 Å². The molecule has 3 aliphatic carbocycles. The van der Waals surface area contributed by atoms with E-state index in [-0.39, 0.29) is 5.75 Å². The lowest BCUT2D eigenvalue weighted by Crippen LogP contribution is -2.25. The number of halogens is 2. The quantitative estimate of drug-likeness (QED) is 0.472. The molecule has 0 spiro atoms. The summed E-state index contributed by atoms with van der Waals surface area (Å²) in [7, 11) is 0. The fraction of sp³-hybridized carbons (Fsp3) is 0.600. The van der Waals surface area contributed by atoms with Crippen LogP contribution in [0.4, 0.5) is 8.78 Å². The zero-order valence-corrected chi connectivity index (χ0v) is 16.8. The third kappa shape index (κ3) is 4.04. The van der Waals surface area contributed by atoms with Gasteiger partial charge >= 0.3 is 0 Å². The largest absolute Gasteiger partial charge is 0.462 e. The van der Waals surface area contributed by atoms with E-state index in [0.29, 0.717) is 11.5 Å². The lowest BCUT2D eigenvalue weighted by Gasteiger charge is -2.37. The zero-order chi connectivity index (χ0) is 19.5. The molecule has 0 amide bonds. The average molecular weight is 387 g/mol. The number of hydrogen-bond acceptors (Lipinski definition) is 1. The summed E-state index contributed by atoms with van der Waals surface area (Å²) in [6, 6.07) is 3.13. The Kier molecular flexibility index (Phi) is 6.18. The molecule has 0 bridgehead atoms. The van der Waals surface area contributed by atoms with Gasteiger partial charge in [0.1, 0.15) is 0 Å². The molecule has 0 saturated heterocycles. The smallest absolute Gasteiger partial charge is 0.201 e. The van der Waals surface area contributed by atoms with Crippen LogP contribution in [0, 0.1) is 35.3 Å². The lowest BCUT2D eigenvalue weighted by molar-refractivity contribution is 0.158. The maximum atomic E-state index is 14.5. The molecule has 0 heterocycles. The second-order valence-corrected chi connectivity index (χ2v) is 9.01. The van der Waals surface area contributed by atoms with Gasteiger partial charge in [0.15, 0.2) is 11.6 Å². The van der Waals surface area contributed by atoms with Crippen molar-refractivity contribution in [2.75, 3.05) is 0 Å². The number of hydrogen-bond donors (Lipinski definition) is 0. The number of allylic oxidation sites excluding steroid dienone is 2. The van der Waals surface area contributed by atoms with Crippen LogP contribution in [0.3, 0.4) is 0 Å². The van der Waals surface area contributed by atoms with Gasteiger partial charge in [0.05, 0.1) is 6.26 Å². The van der Waals surface area contributed by atoms with E-state index in [2.05, 4.69) is 12.7 Å². The van der Waals surface area contributed by atoms with Gasteiger partial charge in [-0.2, -0.15) is 4.39 Å². The Hall–Kier alpha value is -1.64. The second kappa shape index (κ2) is 8.80. The minimum Gasteiger partial charge on any atom is -0.462 e. The van der Waals surface area contributed by atoms with Crippen molar-refractivity contribution < 1.29 is 13.5 Å². The molecular formula is C25H32F2O. The summed E-state index contributed by atoms with van der Waals surface area (Å²) in [4.78, 5) is 0. The Balaban J connectivity index is 1.36. The summed E-state index contributed by atoms with van der Waals surface area (Å²) < 4.78 is 33.6. The van der Waals surface area contributed by atoms with Crippen LogP contribution in [0.2, 0.25) is 0 Å². The first-order valence-electron chi connectivity index (χ1n) is 11.1. The highest BCUT2D eigenvalue weighted by molar-refractivity contribution is 5.67. The standard InChI is InChI=1S/C25H32F2O/c1-2-28-23-16-15-22(24(26)25(23)27)21-13-11-20(12-14-21)19-9-7-18(8-10-19)17-5-3-4-6-17/h2,13,15-20H,1,3-12,14H2. The van der Waals surface area contributed by atoms with Crippen molar-refractivity contribution in [1.29, 1.82) is 0 Å². The summed E-state index contributed by atoms with van der Waals surface area (Å²) in [5, 5.41) is 0. The van der Waals surface area contributed by atoms with E-state index in [0.717, 1.165) is 48.9 Å². The predicted octanol–water partition coefficient (Wildman–Crippen LogP) is 7.67. The van der Waals surface area contributed by atoms with Gasteiger partial charge in [-0.3, -0.25) is 0 Å². The molecular weight excluding hydrogens is 354 g/mol. The second-order valence-electron chi connectivity index (χ2n) is 9.01. The Labute approximate surface area is 167 Å². The van der Waals surface area contributed by atoms with E-state index >= 15 is 0 Å². The highest BCUT2D eigenvalue weighted by Gasteiger charge is 2.33. The van der Waals surface area contributed by atoms with Crippen LogP contribution in [0.25, 0.3) is 5.57 Å². The molecule has 1 unspecified atom stereocenters. The summed E-state index contributed by atoms with van der Waals surface area (Å²) in [5.41, 5.74) is 1.33. The molecule has 0 aliphatic heterocycles. The Morgan fingerprint density at radius 3 is 2.07 bits per heavy atom. The third-order valence-corrected chi connectivity index (χ3v) is 7.60. The molecule has 4 rings (SSSR count). The SMILES string of the molecule is C=COc1ccc(C2=CCC(C3CCC(C4CCCC4)CC3)CC2)c(F)c1F. The topological polar surface area (TPSA) is 9.23 Å². The third-order valence-electron chi connectivity index (χ3n) is 7.60. The minimum atomic E-state index is -0.925. The van der Waals surface area contributed by atoms with Crippen molar-refractivity contribution in [1.82, 2.24) is 0 Å². The average Bonchev–Trinajstić information content (AvgIpc) is 3.27. The molecule has 1 aromatic carbocycles. The van der Waals surface area contributed by atoms with E-state index in [9.17, 15) is 8.78 Å². The molecule has 152 valence electrons. The normalized spacial score (nSPS) is 28.8. The molecule has 28 heavy (non-hydrogen) atoms. The number of rotatable bonds is 5. The zero-order valence-electron chi connectivity index (χ0n) is 16.8. The minimum absolute atomic E-state index is 0.107.